The normalized spacial score (nSPS) is 19.8. The fourth-order valence-corrected chi connectivity index (χ4v) is 2.96. The highest BCUT2D eigenvalue weighted by Crippen LogP contribution is 2.31. The summed E-state index contributed by atoms with van der Waals surface area (Å²) >= 11 is 0. The topological polar surface area (TPSA) is 99.4 Å². The van der Waals surface area contributed by atoms with E-state index in [0.717, 1.165) is 5.69 Å². The van der Waals surface area contributed by atoms with Crippen LogP contribution in [0.25, 0.3) is 5.69 Å². The second-order valence-electron chi connectivity index (χ2n) is 7.38. The first-order valence-corrected chi connectivity index (χ1v) is 8.71. The summed E-state index contributed by atoms with van der Waals surface area (Å²) in [5.41, 5.74) is 0.118. The van der Waals surface area contributed by atoms with Crippen molar-refractivity contribution in [1.29, 1.82) is 0 Å². The van der Waals surface area contributed by atoms with Crippen LogP contribution in [0.2, 0.25) is 0 Å². The molecule has 2 atom stereocenters. The molecule has 0 unspecified atom stereocenters. The van der Waals surface area contributed by atoms with Gasteiger partial charge in [0.1, 0.15) is 11.6 Å². The Labute approximate surface area is 157 Å². The van der Waals surface area contributed by atoms with E-state index in [9.17, 15) is 9.59 Å². The minimum Gasteiger partial charge on any atom is -0.467 e. The molecule has 0 aliphatic carbocycles. The zero-order valence-electron chi connectivity index (χ0n) is 15.8. The van der Waals surface area contributed by atoms with Crippen molar-refractivity contribution in [3.63, 3.8) is 0 Å². The number of amides is 1. The molecular weight excluding hydrogens is 350 g/mol. The highest BCUT2D eigenvalue weighted by molar-refractivity contribution is 5.82. The Balaban J connectivity index is 1.80. The third-order valence-corrected chi connectivity index (χ3v) is 4.18. The molecule has 2 heterocycles. The molecule has 0 N–H and O–H groups in total. The van der Waals surface area contributed by atoms with Crippen LogP contribution in [0.5, 0.6) is 0 Å². The number of methoxy groups -OCH3 is 1. The van der Waals surface area contributed by atoms with E-state index in [2.05, 4.69) is 15.4 Å². The Hall–Kier alpha value is -2.97. The first-order chi connectivity index (χ1) is 12.8. The highest BCUT2D eigenvalue weighted by atomic mass is 16.6. The molecule has 1 fully saturated rings. The smallest absolute Gasteiger partial charge is 0.411 e. The first kappa shape index (κ1) is 18.8. The fraction of sp³-hybridized carbons (Fsp3) is 0.500. The van der Waals surface area contributed by atoms with Gasteiger partial charge in [-0.25, -0.2) is 9.59 Å². The van der Waals surface area contributed by atoms with Crippen LogP contribution in [0, 0.1) is 0 Å². The molecule has 1 saturated heterocycles. The second kappa shape index (κ2) is 7.34. The lowest BCUT2D eigenvalue weighted by Crippen LogP contribution is -2.43. The number of likely N-dealkylation sites (tertiary alicyclic amines) is 1. The van der Waals surface area contributed by atoms with Crippen LogP contribution in [-0.4, -0.2) is 62.5 Å². The standard InChI is InChI=1S/C18H23N5O4/c1-18(2,3)27-17(25)22-11-12(10-14(22)16(24)26-4)15-19-21-23(20-15)13-8-6-5-7-9-13/h5-9,12,14H,10-11H2,1-4H3/t12-,14+/m1/s1. The summed E-state index contributed by atoms with van der Waals surface area (Å²) in [6.45, 7) is 5.59. The van der Waals surface area contributed by atoms with E-state index in [1.807, 2.05) is 30.3 Å². The summed E-state index contributed by atoms with van der Waals surface area (Å²) in [5, 5.41) is 12.6. The van der Waals surface area contributed by atoms with Gasteiger partial charge in [0.15, 0.2) is 5.82 Å². The Morgan fingerprint density at radius 3 is 2.52 bits per heavy atom. The molecule has 144 valence electrons. The van der Waals surface area contributed by atoms with Crippen LogP contribution in [0.15, 0.2) is 30.3 Å². The van der Waals surface area contributed by atoms with Gasteiger partial charge in [-0.3, -0.25) is 4.90 Å². The molecule has 9 nitrogen and oxygen atoms in total. The van der Waals surface area contributed by atoms with E-state index in [-0.39, 0.29) is 12.5 Å². The summed E-state index contributed by atoms with van der Waals surface area (Å²) < 4.78 is 10.3. The molecule has 0 saturated carbocycles. The van der Waals surface area contributed by atoms with Crippen molar-refractivity contribution < 1.29 is 19.1 Å². The van der Waals surface area contributed by atoms with Gasteiger partial charge in [-0.2, -0.15) is 0 Å². The number of rotatable bonds is 3. The van der Waals surface area contributed by atoms with Crippen molar-refractivity contribution in [2.45, 2.75) is 44.8 Å². The van der Waals surface area contributed by atoms with Gasteiger partial charge in [0.2, 0.25) is 0 Å². The Morgan fingerprint density at radius 2 is 1.89 bits per heavy atom. The van der Waals surface area contributed by atoms with E-state index in [4.69, 9.17) is 9.47 Å². The molecule has 1 amide bonds. The van der Waals surface area contributed by atoms with E-state index in [1.54, 1.807) is 20.8 Å². The SMILES string of the molecule is COC(=O)[C@@H]1C[C@@H](c2nnn(-c3ccccc3)n2)CN1C(=O)OC(C)(C)C. The van der Waals surface area contributed by atoms with E-state index < -0.39 is 23.7 Å². The predicted octanol–water partition coefficient (Wildman–Crippen LogP) is 1.93. The zero-order chi connectivity index (χ0) is 19.6. The number of hydrogen-bond donors (Lipinski definition) is 0. The number of nitrogens with zero attached hydrogens (tertiary/aromatic N) is 5. The van der Waals surface area contributed by atoms with Crippen molar-refractivity contribution in [2.75, 3.05) is 13.7 Å². The van der Waals surface area contributed by atoms with Gasteiger partial charge in [-0.15, -0.1) is 15.0 Å². The number of esters is 1. The molecule has 2 aromatic rings. The minimum atomic E-state index is -0.737. The van der Waals surface area contributed by atoms with Gasteiger partial charge in [0.05, 0.1) is 12.8 Å². The van der Waals surface area contributed by atoms with Crippen molar-refractivity contribution in [1.82, 2.24) is 25.1 Å². The van der Waals surface area contributed by atoms with E-state index >= 15 is 0 Å². The third kappa shape index (κ3) is 4.24. The van der Waals surface area contributed by atoms with Gasteiger partial charge >= 0.3 is 12.1 Å². The first-order valence-electron chi connectivity index (χ1n) is 8.71. The summed E-state index contributed by atoms with van der Waals surface area (Å²) in [6.07, 6.45) is -0.206. The molecule has 0 bridgehead atoms. The fourth-order valence-electron chi connectivity index (χ4n) is 2.96. The summed E-state index contributed by atoms with van der Waals surface area (Å²) in [6, 6.07) is 8.66. The van der Waals surface area contributed by atoms with Crippen LogP contribution >= 0.6 is 0 Å². The van der Waals surface area contributed by atoms with Gasteiger partial charge in [-0.1, -0.05) is 18.2 Å². The zero-order valence-corrected chi connectivity index (χ0v) is 15.8. The molecule has 9 heteroatoms. The third-order valence-electron chi connectivity index (χ3n) is 4.18. The Kier molecular flexibility index (Phi) is 5.11. The molecule has 0 spiro atoms. The summed E-state index contributed by atoms with van der Waals surface area (Å²) in [4.78, 5) is 27.5. The molecule has 1 aromatic heterocycles. The lowest BCUT2D eigenvalue weighted by molar-refractivity contribution is -0.145. The number of ether oxygens (including phenoxy) is 2. The largest absolute Gasteiger partial charge is 0.467 e. The average molecular weight is 373 g/mol. The number of hydrogen-bond acceptors (Lipinski definition) is 7. The van der Waals surface area contributed by atoms with Crippen LogP contribution < -0.4 is 0 Å². The minimum absolute atomic E-state index is 0.237. The van der Waals surface area contributed by atoms with Crippen molar-refractivity contribution >= 4 is 12.1 Å². The number of para-hydroxylation sites is 1. The Bertz CT molecular complexity index is 815. The number of carbonyl (C=O) groups excluding carboxylic acids is 2. The number of aromatic nitrogens is 4. The number of carbonyl (C=O) groups is 2. The molecule has 0 radical (unpaired) electrons. The molecule has 1 aliphatic rings. The highest BCUT2D eigenvalue weighted by Gasteiger charge is 2.44. The molecule has 1 aliphatic heterocycles. The van der Waals surface area contributed by atoms with E-state index in [0.29, 0.717) is 12.2 Å². The average Bonchev–Trinajstić information content (AvgIpc) is 3.27. The van der Waals surface area contributed by atoms with Crippen molar-refractivity contribution in [3.8, 4) is 5.69 Å². The maximum Gasteiger partial charge on any atom is 0.411 e. The molecular formula is C18H23N5O4. The van der Waals surface area contributed by atoms with Crippen LogP contribution in [0.4, 0.5) is 4.79 Å². The summed E-state index contributed by atoms with van der Waals surface area (Å²) in [5.74, 6) is -0.253. The van der Waals surface area contributed by atoms with E-state index in [1.165, 1.54) is 16.8 Å². The van der Waals surface area contributed by atoms with Gasteiger partial charge in [-0.05, 0) is 44.5 Å². The maximum atomic E-state index is 12.5. The predicted molar refractivity (Wildman–Crippen MR) is 95.3 cm³/mol. The van der Waals surface area contributed by atoms with Crippen LogP contribution in [0.1, 0.15) is 38.9 Å². The quantitative estimate of drug-likeness (QED) is 0.758. The summed E-state index contributed by atoms with van der Waals surface area (Å²) in [7, 11) is 1.30. The monoisotopic (exact) mass is 373 g/mol. The molecule has 1 aromatic carbocycles. The molecule has 3 rings (SSSR count). The van der Waals surface area contributed by atoms with Gasteiger partial charge in [0.25, 0.3) is 0 Å². The van der Waals surface area contributed by atoms with Crippen LogP contribution in [0.3, 0.4) is 0 Å². The lowest BCUT2D eigenvalue weighted by atomic mass is 10.1. The maximum absolute atomic E-state index is 12.5. The molecule has 27 heavy (non-hydrogen) atoms. The lowest BCUT2D eigenvalue weighted by Gasteiger charge is -2.27. The van der Waals surface area contributed by atoms with Crippen molar-refractivity contribution in [2.24, 2.45) is 0 Å². The number of benzene rings is 1. The number of tetrazole rings is 1. The van der Waals surface area contributed by atoms with Gasteiger partial charge < -0.3 is 9.47 Å². The second-order valence-corrected chi connectivity index (χ2v) is 7.38. The Morgan fingerprint density at radius 1 is 1.19 bits per heavy atom. The van der Waals surface area contributed by atoms with Gasteiger partial charge in [0, 0.05) is 12.5 Å². The van der Waals surface area contributed by atoms with Crippen molar-refractivity contribution in [3.05, 3.63) is 36.2 Å². The van der Waals surface area contributed by atoms with Crippen LogP contribution in [-0.2, 0) is 14.3 Å².